The first kappa shape index (κ1) is 15.3. The first-order chi connectivity index (χ1) is 9.69. The second-order valence-electron chi connectivity index (χ2n) is 5.04. The van der Waals surface area contributed by atoms with E-state index in [1.54, 1.807) is 14.2 Å². The molecule has 1 N–H and O–H groups in total. The summed E-state index contributed by atoms with van der Waals surface area (Å²) in [6.07, 6.45) is 2.37. The van der Waals surface area contributed by atoms with Crippen LogP contribution in [0, 0.1) is 0 Å². The third-order valence-corrected chi connectivity index (χ3v) is 3.98. The van der Waals surface area contributed by atoms with Crippen molar-refractivity contribution < 1.29 is 9.47 Å². The molecule has 1 aromatic carbocycles. The van der Waals surface area contributed by atoms with Gasteiger partial charge < -0.3 is 19.7 Å². The van der Waals surface area contributed by atoms with E-state index in [1.807, 2.05) is 12.1 Å². The Balaban J connectivity index is 2.26. The van der Waals surface area contributed by atoms with Crippen molar-refractivity contribution >= 4 is 17.3 Å². The fourth-order valence-corrected chi connectivity index (χ4v) is 2.91. The van der Waals surface area contributed by atoms with Gasteiger partial charge in [-0.1, -0.05) is 24.9 Å². The number of nitrogens with zero attached hydrogens (tertiary/aromatic N) is 1. The lowest BCUT2D eigenvalue weighted by molar-refractivity contribution is 0.395. The topological polar surface area (TPSA) is 33.7 Å². The van der Waals surface area contributed by atoms with E-state index in [9.17, 15) is 0 Å². The molecule has 1 saturated heterocycles. The molecule has 0 bridgehead atoms. The first-order valence-electron chi connectivity index (χ1n) is 7.09. The molecule has 4 nitrogen and oxygen atoms in total. The van der Waals surface area contributed by atoms with Crippen LogP contribution in [-0.4, -0.2) is 39.9 Å². The molecule has 1 atom stereocenters. The van der Waals surface area contributed by atoms with E-state index in [2.05, 4.69) is 17.1 Å². The van der Waals surface area contributed by atoms with Crippen LogP contribution >= 0.6 is 11.6 Å². The largest absolute Gasteiger partial charge is 0.495 e. The van der Waals surface area contributed by atoms with Gasteiger partial charge in [-0.15, -0.1) is 0 Å². The van der Waals surface area contributed by atoms with Gasteiger partial charge in [0.1, 0.15) is 11.5 Å². The summed E-state index contributed by atoms with van der Waals surface area (Å²) in [6.45, 7) is 5.14. The van der Waals surface area contributed by atoms with Crippen molar-refractivity contribution in [2.75, 3.05) is 38.8 Å². The molecule has 1 aliphatic rings. The van der Waals surface area contributed by atoms with Gasteiger partial charge in [-0.25, -0.2) is 0 Å². The van der Waals surface area contributed by atoms with Crippen molar-refractivity contribution in [3.63, 3.8) is 0 Å². The lowest BCUT2D eigenvalue weighted by Gasteiger charge is -2.36. The molecule has 0 amide bonds. The second-order valence-corrected chi connectivity index (χ2v) is 5.45. The van der Waals surface area contributed by atoms with Crippen molar-refractivity contribution in [1.29, 1.82) is 0 Å². The minimum atomic E-state index is 0.528. The summed E-state index contributed by atoms with van der Waals surface area (Å²) in [5.74, 6) is 1.49. The fraction of sp³-hybridized carbons (Fsp3) is 0.600. The zero-order chi connectivity index (χ0) is 14.5. The van der Waals surface area contributed by atoms with E-state index in [0.717, 1.165) is 31.1 Å². The molecule has 0 aromatic heterocycles. The number of benzene rings is 1. The quantitative estimate of drug-likeness (QED) is 0.906. The molecular formula is C15H23ClN2O2. The van der Waals surface area contributed by atoms with Gasteiger partial charge in [-0.2, -0.15) is 0 Å². The standard InChI is InChI=1S/C15H23ClN2O2/c1-4-5-11-10-18(7-6-17-11)13-9-14(19-2)12(16)8-15(13)20-3/h8-9,11,17H,4-7,10H2,1-3H3. The van der Waals surface area contributed by atoms with Gasteiger partial charge in [-0.3, -0.25) is 0 Å². The Morgan fingerprint density at radius 1 is 1.30 bits per heavy atom. The van der Waals surface area contributed by atoms with E-state index >= 15 is 0 Å². The summed E-state index contributed by atoms with van der Waals surface area (Å²) in [5, 5.41) is 4.13. The number of hydrogen-bond donors (Lipinski definition) is 1. The highest BCUT2D eigenvalue weighted by molar-refractivity contribution is 6.32. The molecule has 0 aliphatic carbocycles. The van der Waals surface area contributed by atoms with Crippen LogP contribution in [-0.2, 0) is 0 Å². The zero-order valence-electron chi connectivity index (χ0n) is 12.4. The van der Waals surface area contributed by atoms with E-state index in [1.165, 1.54) is 12.8 Å². The Hall–Kier alpha value is -1.13. The Bertz CT molecular complexity index is 452. The summed E-state index contributed by atoms with van der Waals surface area (Å²) in [4.78, 5) is 2.34. The summed E-state index contributed by atoms with van der Waals surface area (Å²) in [6, 6.07) is 4.32. The number of hydrogen-bond acceptors (Lipinski definition) is 4. The van der Waals surface area contributed by atoms with Gasteiger partial charge >= 0.3 is 0 Å². The second kappa shape index (κ2) is 7.04. The lowest BCUT2D eigenvalue weighted by Crippen LogP contribution is -2.50. The minimum Gasteiger partial charge on any atom is -0.495 e. The predicted octanol–water partition coefficient (Wildman–Crippen LogP) is 2.94. The van der Waals surface area contributed by atoms with E-state index in [0.29, 0.717) is 16.8 Å². The maximum absolute atomic E-state index is 6.16. The Morgan fingerprint density at radius 2 is 2.05 bits per heavy atom. The normalized spacial score (nSPS) is 19.0. The van der Waals surface area contributed by atoms with Crippen LogP contribution in [0.15, 0.2) is 12.1 Å². The molecule has 0 saturated carbocycles. The van der Waals surface area contributed by atoms with Crippen LogP contribution in [0.5, 0.6) is 11.5 Å². The third kappa shape index (κ3) is 3.30. The van der Waals surface area contributed by atoms with Crippen LogP contribution in [0.3, 0.4) is 0 Å². The van der Waals surface area contributed by atoms with Gasteiger partial charge in [0.15, 0.2) is 0 Å². The summed E-state index contributed by atoms with van der Waals surface area (Å²) in [5.41, 5.74) is 1.05. The van der Waals surface area contributed by atoms with Crippen LogP contribution in [0.25, 0.3) is 0 Å². The number of halogens is 1. The van der Waals surface area contributed by atoms with Gasteiger partial charge in [0.25, 0.3) is 0 Å². The first-order valence-corrected chi connectivity index (χ1v) is 7.47. The Kier molecular flexibility index (Phi) is 5.38. The van der Waals surface area contributed by atoms with Crippen LogP contribution in [0.1, 0.15) is 19.8 Å². The molecule has 5 heteroatoms. The fourth-order valence-electron chi connectivity index (χ4n) is 2.68. The molecule has 1 aromatic rings. The average Bonchev–Trinajstić information content (AvgIpc) is 2.47. The minimum absolute atomic E-state index is 0.528. The van der Waals surface area contributed by atoms with Crippen molar-refractivity contribution in [2.45, 2.75) is 25.8 Å². The molecule has 1 unspecified atom stereocenters. The number of methoxy groups -OCH3 is 2. The molecule has 1 heterocycles. The number of piperazine rings is 1. The van der Waals surface area contributed by atoms with Gasteiger partial charge in [0.2, 0.25) is 0 Å². The molecule has 0 spiro atoms. The zero-order valence-corrected chi connectivity index (χ0v) is 13.2. The predicted molar refractivity (Wildman–Crippen MR) is 83.5 cm³/mol. The van der Waals surface area contributed by atoms with Crippen molar-refractivity contribution in [1.82, 2.24) is 5.32 Å². The molecule has 1 aliphatic heterocycles. The van der Waals surface area contributed by atoms with Crippen molar-refractivity contribution in [3.8, 4) is 11.5 Å². The smallest absolute Gasteiger partial charge is 0.143 e. The highest BCUT2D eigenvalue weighted by Gasteiger charge is 2.22. The maximum Gasteiger partial charge on any atom is 0.143 e. The third-order valence-electron chi connectivity index (χ3n) is 3.69. The van der Waals surface area contributed by atoms with Crippen LogP contribution in [0.2, 0.25) is 5.02 Å². The highest BCUT2D eigenvalue weighted by Crippen LogP contribution is 2.38. The SMILES string of the molecule is CCCC1CN(c2cc(OC)c(Cl)cc2OC)CCN1. The van der Waals surface area contributed by atoms with Crippen LogP contribution < -0.4 is 19.7 Å². The van der Waals surface area contributed by atoms with E-state index in [-0.39, 0.29) is 0 Å². The van der Waals surface area contributed by atoms with Crippen molar-refractivity contribution in [3.05, 3.63) is 17.2 Å². The summed E-state index contributed by atoms with van der Waals surface area (Å²) < 4.78 is 10.8. The summed E-state index contributed by atoms with van der Waals surface area (Å²) in [7, 11) is 3.31. The summed E-state index contributed by atoms with van der Waals surface area (Å²) >= 11 is 6.16. The van der Waals surface area contributed by atoms with Crippen LogP contribution in [0.4, 0.5) is 5.69 Å². The van der Waals surface area contributed by atoms with Gasteiger partial charge in [0.05, 0.1) is 24.9 Å². The number of ether oxygens (including phenoxy) is 2. The van der Waals surface area contributed by atoms with E-state index < -0.39 is 0 Å². The maximum atomic E-state index is 6.16. The molecule has 1 fully saturated rings. The molecule has 0 radical (unpaired) electrons. The molecule has 20 heavy (non-hydrogen) atoms. The Morgan fingerprint density at radius 3 is 2.70 bits per heavy atom. The number of anilines is 1. The monoisotopic (exact) mass is 298 g/mol. The number of nitrogens with one attached hydrogen (secondary N) is 1. The number of rotatable bonds is 5. The molecule has 112 valence electrons. The molecular weight excluding hydrogens is 276 g/mol. The highest BCUT2D eigenvalue weighted by atomic mass is 35.5. The average molecular weight is 299 g/mol. The van der Waals surface area contributed by atoms with Gasteiger partial charge in [-0.05, 0) is 6.42 Å². The van der Waals surface area contributed by atoms with Gasteiger partial charge in [0, 0.05) is 37.8 Å². The Labute approximate surface area is 126 Å². The van der Waals surface area contributed by atoms with Crippen molar-refractivity contribution in [2.24, 2.45) is 0 Å². The van der Waals surface area contributed by atoms with E-state index in [4.69, 9.17) is 21.1 Å². The lowest BCUT2D eigenvalue weighted by atomic mass is 10.1. The molecule has 2 rings (SSSR count).